The molecule has 56 valence electrons. The SMILES string of the molecule is CCOP(OCC)SCl. The summed E-state index contributed by atoms with van der Waals surface area (Å²) >= 11 is 0. The minimum Gasteiger partial charge on any atom is -0.326 e. The first kappa shape index (κ1) is 9.99. The number of hydrogen-bond donors (Lipinski definition) is 0. The molecular formula is C4H10ClO2PS. The first-order valence-corrected chi connectivity index (χ1v) is 6.12. The van der Waals surface area contributed by atoms with Gasteiger partial charge in [-0.25, -0.2) is 0 Å². The Balaban J connectivity index is 3.18. The molecule has 0 rings (SSSR count). The number of hydrogen-bond acceptors (Lipinski definition) is 3. The van der Waals surface area contributed by atoms with E-state index in [1.54, 1.807) is 0 Å². The molecule has 0 bridgehead atoms. The minimum absolute atomic E-state index is 0.658. The summed E-state index contributed by atoms with van der Waals surface area (Å²) in [4.78, 5) is 0. The zero-order chi connectivity index (χ0) is 7.11. The molecular weight excluding hydrogens is 179 g/mol. The van der Waals surface area contributed by atoms with Crippen LogP contribution in [0.4, 0.5) is 0 Å². The average molecular weight is 189 g/mol. The quantitative estimate of drug-likeness (QED) is 0.618. The lowest BCUT2D eigenvalue weighted by Gasteiger charge is -2.09. The van der Waals surface area contributed by atoms with Crippen LogP contribution in [-0.2, 0) is 9.05 Å². The van der Waals surface area contributed by atoms with Crippen LogP contribution < -0.4 is 0 Å². The van der Waals surface area contributed by atoms with E-state index in [2.05, 4.69) is 0 Å². The highest BCUT2D eigenvalue weighted by atomic mass is 35.7. The molecule has 0 saturated heterocycles. The standard InChI is InChI=1S/C4H10ClO2PS/c1-3-6-8(9-5)7-4-2/h3-4H2,1-2H3. The van der Waals surface area contributed by atoms with Gasteiger partial charge in [0.25, 0.3) is 7.58 Å². The van der Waals surface area contributed by atoms with Gasteiger partial charge in [0.05, 0.1) is 13.2 Å². The summed E-state index contributed by atoms with van der Waals surface area (Å²) < 4.78 is 10.2. The number of halogens is 1. The largest absolute Gasteiger partial charge is 0.326 e. The summed E-state index contributed by atoms with van der Waals surface area (Å²) in [6.07, 6.45) is 0. The maximum absolute atomic E-state index is 5.42. The fourth-order valence-corrected chi connectivity index (χ4v) is 2.45. The maximum atomic E-state index is 5.42. The second-order valence-electron chi connectivity index (χ2n) is 1.13. The van der Waals surface area contributed by atoms with Gasteiger partial charge in [0.2, 0.25) is 0 Å². The van der Waals surface area contributed by atoms with Gasteiger partial charge in [-0.1, -0.05) is 0 Å². The van der Waals surface area contributed by atoms with Crippen molar-refractivity contribution in [2.75, 3.05) is 13.2 Å². The highest BCUT2D eigenvalue weighted by Gasteiger charge is 2.06. The van der Waals surface area contributed by atoms with E-state index in [1.165, 1.54) is 0 Å². The molecule has 0 saturated carbocycles. The second kappa shape index (κ2) is 7.10. The first-order valence-electron chi connectivity index (χ1n) is 2.69. The van der Waals surface area contributed by atoms with Crippen LogP contribution in [-0.4, -0.2) is 13.2 Å². The highest BCUT2D eigenvalue weighted by Crippen LogP contribution is 2.53. The Hall–Kier alpha value is 0.990. The average Bonchev–Trinajstić information content (AvgIpc) is 1.88. The third-order valence-electron chi connectivity index (χ3n) is 0.525. The van der Waals surface area contributed by atoms with Crippen molar-refractivity contribution in [1.82, 2.24) is 0 Å². The van der Waals surface area contributed by atoms with Crippen LogP contribution in [0.1, 0.15) is 13.8 Å². The molecule has 0 aliphatic carbocycles. The Labute approximate surface area is 65.4 Å². The summed E-state index contributed by atoms with van der Waals surface area (Å²) in [7, 11) is 5.66. The van der Waals surface area contributed by atoms with E-state index in [9.17, 15) is 0 Å². The second-order valence-corrected chi connectivity index (χ2v) is 4.78. The van der Waals surface area contributed by atoms with Crippen molar-refractivity contribution >= 4 is 28.9 Å². The Kier molecular flexibility index (Phi) is 7.88. The molecule has 0 fully saturated rings. The third kappa shape index (κ3) is 5.43. The molecule has 0 aliphatic heterocycles. The van der Waals surface area contributed by atoms with Crippen LogP contribution in [0.2, 0.25) is 0 Å². The first-order chi connectivity index (χ1) is 4.35. The molecule has 0 radical (unpaired) electrons. The smallest absolute Gasteiger partial charge is 0.254 e. The van der Waals surface area contributed by atoms with Crippen LogP contribution in [0, 0.1) is 0 Å². The van der Waals surface area contributed by atoms with Gasteiger partial charge < -0.3 is 9.05 Å². The molecule has 2 nitrogen and oxygen atoms in total. The fraction of sp³-hybridized carbons (Fsp3) is 1.00. The van der Waals surface area contributed by atoms with E-state index < -0.39 is 7.58 Å². The van der Waals surface area contributed by atoms with Crippen molar-refractivity contribution in [3.8, 4) is 0 Å². The monoisotopic (exact) mass is 188 g/mol. The predicted molar refractivity (Wildman–Crippen MR) is 43.6 cm³/mol. The van der Waals surface area contributed by atoms with E-state index in [-0.39, 0.29) is 0 Å². The molecule has 0 aromatic rings. The molecule has 5 heteroatoms. The number of rotatable bonds is 5. The van der Waals surface area contributed by atoms with Gasteiger partial charge in [0.1, 0.15) is 0 Å². The van der Waals surface area contributed by atoms with Crippen molar-refractivity contribution in [1.29, 1.82) is 0 Å². The Morgan fingerprint density at radius 2 is 1.78 bits per heavy atom. The van der Waals surface area contributed by atoms with Crippen molar-refractivity contribution in [2.45, 2.75) is 13.8 Å². The zero-order valence-corrected chi connectivity index (χ0v) is 7.93. The lowest BCUT2D eigenvalue weighted by molar-refractivity contribution is 0.283. The van der Waals surface area contributed by atoms with Gasteiger partial charge >= 0.3 is 0 Å². The molecule has 0 amide bonds. The molecule has 9 heavy (non-hydrogen) atoms. The van der Waals surface area contributed by atoms with Crippen molar-refractivity contribution in [2.24, 2.45) is 0 Å². The molecule has 0 unspecified atom stereocenters. The van der Waals surface area contributed by atoms with E-state index >= 15 is 0 Å². The Morgan fingerprint density at radius 3 is 2.00 bits per heavy atom. The maximum Gasteiger partial charge on any atom is 0.254 e. The van der Waals surface area contributed by atoms with E-state index in [0.29, 0.717) is 13.2 Å². The summed E-state index contributed by atoms with van der Waals surface area (Å²) in [5.74, 6) is 0. The molecule has 0 aromatic carbocycles. The molecule has 0 spiro atoms. The summed E-state index contributed by atoms with van der Waals surface area (Å²) in [6, 6.07) is 0. The topological polar surface area (TPSA) is 18.5 Å². The minimum atomic E-state index is -0.877. The van der Waals surface area contributed by atoms with Gasteiger partial charge in [-0.3, -0.25) is 0 Å². The fourth-order valence-electron chi connectivity index (χ4n) is 0.288. The lowest BCUT2D eigenvalue weighted by Crippen LogP contribution is -1.84. The van der Waals surface area contributed by atoms with Gasteiger partial charge in [-0.2, -0.15) is 0 Å². The lowest BCUT2D eigenvalue weighted by atomic mass is 10.9. The van der Waals surface area contributed by atoms with Gasteiger partial charge in [0.15, 0.2) is 0 Å². The summed E-state index contributed by atoms with van der Waals surface area (Å²) in [6.45, 7) is 5.15. The van der Waals surface area contributed by atoms with Crippen molar-refractivity contribution in [3.05, 3.63) is 0 Å². The predicted octanol–water partition coefficient (Wildman–Crippen LogP) is 3.17. The molecule has 0 N–H and O–H groups in total. The van der Waals surface area contributed by atoms with Crippen LogP contribution in [0.5, 0.6) is 0 Å². The summed E-state index contributed by atoms with van der Waals surface area (Å²) in [5.41, 5.74) is 0. The molecule has 0 atom stereocenters. The molecule has 0 aromatic heterocycles. The van der Waals surface area contributed by atoms with E-state index in [0.717, 1.165) is 10.6 Å². The van der Waals surface area contributed by atoms with E-state index in [1.807, 2.05) is 13.8 Å². The van der Waals surface area contributed by atoms with Crippen LogP contribution in [0.3, 0.4) is 0 Å². The van der Waals surface area contributed by atoms with Crippen molar-refractivity contribution < 1.29 is 9.05 Å². The highest BCUT2D eigenvalue weighted by molar-refractivity contribution is 8.64. The van der Waals surface area contributed by atoms with Gasteiger partial charge in [0, 0.05) is 10.6 Å². The zero-order valence-electron chi connectivity index (χ0n) is 5.46. The molecule has 0 heterocycles. The molecule has 0 aliphatic rings. The van der Waals surface area contributed by atoms with Crippen molar-refractivity contribution in [3.63, 3.8) is 0 Å². The van der Waals surface area contributed by atoms with E-state index in [4.69, 9.17) is 19.7 Å². The van der Waals surface area contributed by atoms with Gasteiger partial charge in [-0.15, -0.1) is 0 Å². The van der Waals surface area contributed by atoms with Crippen LogP contribution >= 0.6 is 28.9 Å². The van der Waals surface area contributed by atoms with Gasteiger partial charge in [-0.05, 0) is 24.5 Å². The van der Waals surface area contributed by atoms with Crippen LogP contribution in [0.25, 0.3) is 0 Å². The normalized spacial score (nSPS) is 10.7. The summed E-state index contributed by atoms with van der Waals surface area (Å²) in [5, 5.41) is 0. The van der Waals surface area contributed by atoms with Crippen LogP contribution in [0.15, 0.2) is 0 Å². The Morgan fingerprint density at radius 1 is 1.33 bits per heavy atom. The Bertz CT molecular complexity index is 60.5. The third-order valence-corrected chi connectivity index (χ3v) is 3.56.